The molecular formula is C18H18N2O3. The number of para-hydroxylation sites is 1. The Morgan fingerprint density at radius 1 is 1.04 bits per heavy atom. The second-order valence-corrected chi connectivity index (χ2v) is 5.15. The normalized spacial score (nSPS) is 10.8. The largest absolute Gasteiger partial charge is 0.494 e. The lowest BCUT2D eigenvalue weighted by atomic mass is 10.2. The molecule has 0 unspecified atom stereocenters. The standard InChI is InChI=1S/C18H18N2O3/c1-22-11-4-12-23-14-9-7-13(8-10-14)17-19-16-6-3-2-5-15(16)18(21)20-17/h2-3,5-10H,4,11-12H2,1H3,(H,19,20,21). The maximum atomic E-state index is 12.1. The molecule has 23 heavy (non-hydrogen) atoms. The maximum absolute atomic E-state index is 12.1. The number of hydrogen-bond donors (Lipinski definition) is 1. The van der Waals surface area contributed by atoms with Gasteiger partial charge in [0.1, 0.15) is 11.6 Å². The smallest absolute Gasteiger partial charge is 0.259 e. The Labute approximate surface area is 133 Å². The summed E-state index contributed by atoms with van der Waals surface area (Å²) in [4.78, 5) is 19.4. The van der Waals surface area contributed by atoms with Crippen LogP contribution >= 0.6 is 0 Å². The van der Waals surface area contributed by atoms with Crippen molar-refractivity contribution in [2.24, 2.45) is 0 Å². The van der Waals surface area contributed by atoms with Crippen LogP contribution in [0.1, 0.15) is 6.42 Å². The second kappa shape index (κ2) is 7.07. The number of nitrogens with zero attached hydrogens (tertiary/aromatic N) is 1. The number of methoxy groups -OCH3 is 1. The van der Waals surface area contributed by atoms with E-state index in [-0.39, 0.29) is 5.56 Å². The van der Waals surface area contributed by atoms with Crippen molar-refractivity contribution in [3.63, 3.8) is 0 Å². The summed E-state index contributed by atoms with van der Waals surface area (Å²) in [6.07, 6.45) is 0.845. The molecule has 2 aromatic carbocycles. The van der Waals surface area contributed by atoms with Crippen LogP contribution < -0.4 is 10.3 Å². The fraction of sp³-hybridized carbons (Fsp3) is 0.222. The Morgan fingerprint density at radius 3 is 2.61 bits per heavy atom. The van der Waals surface area contributed by atoms with E-state index in [1.54, 1.807) is 13.2 Å². The number of rotatable bonds is 6. The van der Waals surface area contributed by atoms with E-state index >= 15 is 0 Å². The van der Waals surface area contributed by atoms with Crippen LogP contribution in [-0.4, -0.2) is 30.3 Å². The number of ether oxygens (including phenoxy) is 2. The molecule has 1 N–H and O–H groups in total. The topological polar surface area (TPSA) is 64.2 Å². The summed E-state index contributed by atoms with van der Waals surface area (Å²) in [6.45, 7) is 1.29. The molecular weight excluding hydrogens is 292 g/mol. The number of benzene rings is 2. The Kier molecular flexibility index (Phi) is 4.68. The van der Waals surface area contributed by atoms with Crippen LogP contribution in [0.5, 0.6) is 5.75 Å². The fourth-order valence-corrected chi connectivity index (χ4v) is 2.33. The van der Waals surface area contributed by atoms with Crippen molar-refractivity contribution in [2.45, 2.75) is 6.42 Å². The zero-order valence-corrected chi connectivity index (χ0v) is 12.9. The van der Waals surface area contributed by atoms with Crippen molar-refractivity contribution in [1.82, 2.24) is 9.97 Å². The lowest BCUT2D eigenvalue weighted by Crippen LogP contribution is -2.09. The first-order valence-corrected chi connectivity index (χ1v) is 7.49. The van der Waals surface area contributed by atoms with Crippen molar-refractivity contribution in [2.75, 3.05) is 20.3 Å². The Bertz CT molecular complexity index is 841. The van der Waals surface area contributed by atoms with Crippen LogP contribution in [-0.2, 0) is 4.74 Å². The summed E-state index contributed by atoms with van der Waals surface area (Å²) in [5.74, 6) is 1.34. The molecule has 0 amide bonds. The van der Waals surface area contributed by atoms with E-state index in [2.05, 4.69) is 9.97 Å². The molecule has 0 bridgehead atoms. The van der Waals surface area contributed by atoms with Gasteiger partial charge < -0.3 is 14.5 Å². The van der Waals surface area contributed by atoms with Gasteiger partial charge in [0.2, 0.25) is 0 Å². The number of fused-ring (bicyclic) bond motifs is 1. The van der Waals surface area contributed by atoms with E-state index < -0.39 is 0 Å². The van der Waals surface area contributed by atoms with Gasteiger partial charge in [0, 0.05) is 25.7 Å². The first-order chi connectivity index (χ1) is 11.3. The molecule has 118 valence electrons. The highest BCUT2D eigenvalue weighted by atomic mass is 16.5. The van der Waals surface area contributed by atoms with Gasteiger partial charge in [0.25, 0.3) is 5.56 Å². The summed E-state index contributed by atoms with van der Waals surface area (Å²) < 4.78 is 10.6. The lowest BCUT2D eigenvalue weighted by molar-refractivity contribution is 0.172. The highest BCUT2D eigenvalue weighted by molar-refractivity contribution is 5.79. The van der Waals surface area contributed by atoms with Crippen molar-refractivity contribution < 1.29 is 9.47 Å². The summed E-state index contributed by atoms with van der Waals surface area (Å²) in [5, 5.41) is 0.592. The van der Waals surface area contributed by atoms with Gasteiger partial charge in [-0.2, -0.15) is 0 Å². The number of aromatic amines is 1. The minimum Gasteiger partial charge on any atom is -0.494 e. The van der Waals surface area contributed by atoms with Gasteiger partial charge in [-0.05, 0) is 36.4 Å². The van der Waals surface area contributed by atoms with Gasteiger partial charge >= 0.3 is 0 Å². The highest BCUT2D eigenvalue weighted by Gasteiger charge is 2.05. The third kappa shape index (κ3) is 3.57. The van der Waals surface area contributed by atoms with E-state index in [9.17, 15) is 4.79 Å². The van der Waals surface area contributed by atoms with Crippen molar-refractivity contribution in [1.29, 1.82) is 0 Å². The van der Waals surface area contributed by atoms with E-state index in [1.165, 1.54) is 0 Å². The number of H-pyrrole nitrogens is 1. The van der Waals surface area contributed by atoms with Crippen LogP contribution in [0.25, 0.3) is 22.3 Å². The lowest BCUT2D eigenvalue weighted by Gasteiger charge is -2.07. The van der Waals surface area contributed by atoms with Gasteiger partial charge in [-0.3, -0.25) is 4.79 Å². The van der Waals surface area contributed by atoms with Crippen LogP contribution in [0.3, 0.4) is 0 Å². The Hall–Kier alpha value is -2.66. The first kappa shape index (κ1) is 15.2. The molecule has 0 fully saturated rings. The average molecular weight is 310 g/mol. The minimum atomic E-state index is -0.134. The van der Waals surface area contributed by atoms with Gasteiger partial charge in [0.15, 0.2) is 0 Å². The molecule has 0 aliphatic rings. The number of aromatic nitrogens is 2. The van der Waals surface area contributed by atoms with E-state index in [4.69, 9.17) is 9.47 Å². The molecule has 0 saturated heterocycles. The Morgan fingerprint density at radius 2 is 1.83 bits per heavy atom. The summed E-state index contributed by atoms with van der Waals surface area (Å²) in [7, 11) is 1.67. The number of nitrogens with one attached hydrogen (secondary N) is 1. The molecule has 3 rings (SSSR count). The molecule has 5 heteroatoms. The third-order valence-corrected chi connectivity index (χ3v) is 3.50. The zero-order chi connectivity index (χ0) is 16.1. The third-order valence-electron chi connectivity index (χ3n) is 3.50. The molecule has 3 aromatic rings. The van der Waals surface area contributed by atoms with E-state index in [0.717, 1.165) is 17.7 Å². The quantitative estimate of drug-likeness (QED) is 0.711. The van der Waals surface area contributed by atoms with Gasteiger partial charge in [-0.15, -0.1) is 0 Å². The average Bonchev–Trinajstić information content (AvgIpc) is 2.59. The number of hydrogen-bond acceptors (Lipinski definition) is 4. The molecule has 0 aliphatic carbocycles. The molecule has 0 atom stereocenters. The van der Waals surface area contributed by atoms with Crippen LogP contribution in [0.2, 0.25) is 0 Å². The predicted octanol–water partition coefficient (Wildman–Crippen LogP) is 3.01. The molecule has 5 nitrogen and oxygen atoms in total. The highest BCUT2D eigenvalue weighted by Crippen LogP contribution is 2.20. The zero-order valence-electron chi connectivity index (χ0n) is 12.9. The molecule has 0 aliphatic heterocycles. The first-order valence-electron chi connectivity index (χ1n) is 7.49. The van der Waals surface area contributed by atoms with E-state index in [0.29, 0.717) is 29.9 Å². The van der Waals surface area contributed by atoms with E-state index in [1.807, 2.05) is 42.5 Å². The van der Waals surface area contributed by atoms with Gasteiger partial charge in [0.05, 0.1) is 17.5 Å². The van der Waals surface area contributed by atoms with Crippen LogP contribution in [0.15, 0.2) is 53.3 Å². The summed E-state index contributed by atoms with van der Waals surface area (Å²) in [5.41, 5.74) is 1.40. The van der Waals surface area contributed by atoms with Crippen LogP contribution in [0.4, 0.5) is 0 Å². The molecule has 0 saturated carbocycles. The van der Waals surface area contributed by atoms with Crippen molar-refractivity contribution >= 4 is 10.9 Å². The van der Waals surface area contributed by atoms with Crippen molar-refractivity contribution in [3.05, 3.63) is 58.9 Å². The summed E-state index contributed by atoms with van der Waals surface area (Å²) in [6, 6.07) is 14.8. The van der Waals surface area contributed by atoms with Gasteiger partial charge in [-0.1, -0.05) is 12.1 Å². The van der Waals surface area contributed by atoms with Gasteiger partial charge in [-0.25, -0.2) is 4.98 Å². The SMILES string of the molecule is COCCCOc1ccc(-c2nc3ccccc3c(=O)[nH]2)cc1. The monoisotopic (exact) mass is 310 g/mol. The predicted molar refractivity (Wildman–Crippen MR) is 89.8 cm³/mol. The summed E-state index contributed by atoms with van der Waals surface area (Å²) >= 11 is 0. The molecule has 0 radical (unpaired) electrons. The molecule has 1 heterocycles. The fourth-order valence-electron chi connectivity index (χ4n) is 2.33. The molecule has 0 spiro atoms. The minimum absolute atomic E-state index is 0.134. The Balaban J connectivity index is 1.80. The maximum Gasteiger partial charge on any atom is 0.259 e. The van der Waals surface area contributed by atoms with Crippen molar-refractivity contribution in [3.8, 4) is 17.1 Å². The molecule has 1 aromatic heterocycles. The second-order valence-electron chi connectivity index (χ2n) is 5.15. The van der Waals surface area contributed by atoms with Crippen LogP contribution in [0, 0.1) is 0 Å².